The largest absolute Gasteiger partial charge is 0.319 e. The number of nitrogens with zero attached hydrogens (tertiary/aromatic N) is 2. The fourth-order valence-electron chi connectivity index (χ4n) is 2.10. The number of halogens is 2. The molecule has 1 heterocycles. The van der Waals surface area contributed by atoms with Gasteiger partial charge in [0, 0.05) is 17.8 Å². The first-order valence-corrected chi connectivity index (χ1v) is 6.77. The third-order valence-electron chi connectivity index (χ3n) is 3.18. The molecular weight excluding hydrogens is 300 g/mol. The van der Waals surface area contributed by atoms with Gasteiger partial charge < -0.3 is 5.32 Å². The molecule has 3 aromatic rings. The van der Waals surface area contributed by atoms with Crippen LogP contribution in [0.1, 0.15) is 10.4 Å². The van der Waals surface area contributed by atoms with E-state index < -0.39 is 17.5 Å². The fourth-order valence-corrected chi connectivity index (χ4v) is 2.10. The van der Waals surface area contributed by atoms with E-state index in [4.69, 9.17) is 0 Å². The lowest BCUT2D eigenvalue weighted by Gasteiger charge is -2.09. The molecule has 6 heteroatoms. The van der Waals surface area contributed by atoms with Crippen LogP contribution >= 0.6 is 0 Å². The second-order valence-corrected chi connectivity index (χ2v) is 4.73. The van der Waals surface area contributed by atoms with Gasteiger partial charge in [-0.15, -0.1) is 0 Å². The normalized spacial score (nSPS) is 10.3. The zero-order valence-electron chi connectivity index (χ0n) is 11.8. The van der Waals surface area contributed by atoms with E-state index in [1.165, 1.54) is 12.5 Å². The molecule has 0 aliphatic heterocycles. The summed E-state index contributed by atoms with van der Waals surface area (Å²) >= 11 is 0. The summed E-state index contributed by atoms with van der Waals surface area (Å²) in [7, 11) is 0. The number of hydrogen-bond donors (Lipinski definition) is 1. The van der Waals surface area contributed by atoms with Gasteiger partial charge in [0.25, 0.3) is 5.91 Å². The van der Waals surface area contributed by atoms with Crippen LogP contribution in [0.4, 0.5) is 14.5 Å². The zero-order chi connectivity index (χ0) is 16.2. The van der Waals surface area contributed by atoms with E-state index in [-0.39, 0.29) is 11.3 Å². The van der Waals surface area contributed by atoms with Crippen molar-refractivity contribution in [2.45, 2.75) is 0 Å². The summed E-state index contributed by atoms with van der Waals surface area (Å²) < 4.78 is 26.6. The molecule has 3 rings (SSSR count). The number of anilines is 1. The molecule has 1 amide bonds. The average Bonchev–Trinajstić information content (AvgIpc) is 2.58. The minimum atomic E-state index is -0.850. The number of benzene rings is 2. The smallest absolute Gasteiger partial charge is 0.259 e. The molecule has 114 valence electrons. The first-order valence-electron chi connectivity index (χ1n) is 6.77. The van der Waals surface area contributed by atoms with E-state index in [0.717, 1.165) is 17.7 Å². The Morgan fingerprint density at radius 3 is 2.57 bits per heavy atom. The molecule has 23 heavy (non-hydrogen) atoms. The SMILES string of the molecule is O=C(Nc1ccc(F)cc1F)c1cncnc1-c1ccccc1. The number of aromatic nitrogens is 2. The van der Waals surface area contributed by atoms with Gasteiger partial charge in [0.2, 0.25) is 0 Å². The molecule has 2 aromatic carbocycles. The van der Waals surface area contributed by atoms with E-state index in [9.17, 15) is 13.6 Å². The Kier molecular flexibility index (Phi) is 4.05. The second-order valence-electron chi connectivity index (χ2n) is 4.73. The molecule has 0 fully saturated rings. The Morgan fingerprint density at radius 1 is 1.04 bits per heavy atom. The lowest BCUT2D eigenvalue weighted by atomic mass is 10.1. The van der Waals surface area contributed by atoms with Crippen molar-refractivity contribution in [2.75, 3.05) is 5.32 Å². The predicted molar refractivity (Wildman–Crippen MR) is 81.8 cm³/mol. The molecule has 0 aliphatic carbocycles. The zero-order valence-corrected chi connectivity index (χ0v) is 11.8. The molecule has 0 radical (unpaired) electrons. The Hall–Kier alpha value is -3.15. The highest BCUT2D eigenvalue weighted by atomic mass is 19.1. The van der Waals surface area contributed by atoms with Gasteiger partial charge in [0.15, 0.2) is 0 Å². The maximum absolute atomic E-state index is 13.7. The van der Waals surface area contributed by atoms with Gasteiger partial charge in [-0.25, -0.2) is 18.7 Å². The quantitative estimate of drug-likeness (QED) is 0.803. The van der Waals surface area contributed by atoms with Crippen LogP contribution in [0.5, 0.6) is 0 Å². The molecular formula is C17H11F2N3O. The summed E-state index contributed by atoms with van der Waals surface area (Å²) in [5.74, 6) is -2.14. The monoisotopic (exact) mass is 311 g/mol. The van der Waals surface area contributed by atoms with E-state index >= 15 is 0 Å². The number of nitrogens with one attached hydrogen (secondary N) is 1. The van der Waals surface area contributed by atoms with Gasteiger partial charge in [0.1, 0.15) is 18.0 Å². The Labute approximate surface area is 130 Å². The molecule has 0 aliphatic rings. The Morgan fingerprint density at radius 2 is 1.83 bits per heavy atom. The van der Waals surface area contributed by atoms with Gasteiger partial charge in [-0.1, -0.05) is 30.3 Å². The van der Waals surface area contributed by atoms with Gasteiger partial charge in [-0.3, -0.25) is 4.79 Å². The summed E-state index contributed by atoms with van der Waals surface area (Å²) in [4.78, 5) is 20.4. The van der Waals surface area contributed by atoms with Gasteiger partial charge in [-0.2, -0.15) is 0 Å². The summed E-state index contributed by atoms with van der Waals surface area (Å²) in [6.07, 6.45) is 2.68. The van der Waals surface area contributed by atoms with Crippen LogP contribution in [0, 0.1) is 11.6 Å². The van der Waals surface area contributed by atoms with Crippen LogP contribution < -0.4 is 5.32 Å². The Bertz CT molecular complexity index is 853. The molecule has 0 unspecified atom stereocenters. The van der Waals surface area contributed by atoms with Crippen molar-refractivity contribution in [1.82, 2.24) is 9.97 Å². The summed E-state index contributed by atoms with van der Waals surface area (Å²) in [6, 6.07) is 12.0. The topological polar surface area (TPSA) is 54.9 Å². The van der Waals surface area contributed by atoms with Crippen LogP contribution in [-0.4, -0.2) is 15.9 Å². The molecule has 1 N–H and O–H groups in total. The van der Waals surface area contributed by atoms with Crippen LogP contribution in [-0.2, 0) is 0 Å². The van der Waals surface area contributed by atoms with Gasteiger partial charge >= 0.3 is 0 Å². The van der Waals surface area contributed by atoms with Crippen LogP contribution in [0.15, 0.2) is 61.1 Å². The van der Waals surface area contributed by atoms with Crippen molar-refractivity contribution >= 4 is 11.6 Å². The van der Waals surface area contributed by atoms with Crippen molar-refractivity contribution in [1.29, 1.82) is 0 Å². The minimum absolute atomic E-state index is 0.112. The molecule has 0 bridgehead atoms. The highest BCUT2D eigenvalue weighted by Gasteiger charge is 2.16. The molecule has 4 nitrogen and oxygen atoms in total. The number of hydrogen-bond acceptors (Lipinski definition) is 3. The van der Waals surface area contributed by atoms with Crippen LogP contribution in [0.25, 0.3) is 11.3 Å². The third kappa shape index (κ3) is 3.21. The Balaban J connectivity index is 1.94. The molecule has 0 saturated heterocycles. The molecule has 1 aromatic heterocycles. The molecule has 0 spiro atoms. The van der Waals surface area contributed by atoms with Crippen molar-refractivity contribution in [3.8, 4) is 11.3 Å². The number of rotatable bonds is 3. The second kappa shape index (κ2) is 6.31. The molecule has 0 saturated carbocycles. The van der Waals surface area contributed by atoms with Crippen molar-refractivity contribution in [2.24, 2.45) is 0 Å². The lowest BCUT2D eigenvalue weighted by Crippen LogP contribution is -2.15. The average molecular weight is 311 g/mol. The third-order valence-corrected chi connectivity index (χ3v) is 3.18. The molecule has 0 atom stereocenters. The number of amides is 1. The predicted octanol–water partition coefficient (Wildman–Crippen LogP) is 3.67. The standard InChI is InChI=1S/C17H11F2N3O/c18-12-6-7-15(14(19)8-12)22-17(23)13-9-20-10-21-16(13)11-4-2-1-3-5-11/h1-10H,(H,22,23). The maximum Gasteiger partial charge on any atom is 0.259 e. The van der Waals surface area contributed by atoms with Crippen LogP contribution in [0.2, 0.25) is 0 Å². The number of carbonyl (C=O) groups excluding carboxylic acids is 1. The lowest BCUT2D eigenvalue weighted by molar-refractivity contribution is 0.102. The van der Waals surface area contributed by atoms with E-state index in [0.29, 0.717) is 11.8 Å². The maximum atomic E-state index is 13.7. The minimum Gasteiger partial charge on any atom is -0.319 e. The summed E-state index contributed by atoms with van der Waals surface area (Å²) in [5, 5.41) is 2.40. The van der Waals surface area contributed by atoms with Gasteiger partial charge in [-0.05, 0) is 12.1 Å². The first kappa shape index (κ1) is 14.8. The van der Waals surface area contributed by atoms with Crippen molar-refractivity contribution in [3.63, 3.8) is 0 Å². The first-order chi connectivity index (χ1) is 11.1. The van der Waals surface area contributed by atoms with E-state index in [1.54, 1.807) is 12.1 Å². The summed E-state index contributed by atoms with van der Waals surface area (Å²) in [6.45, 7) is 0. The summed E-state index contributed by atoms with van der Waals surface area (Å²) in [5.41, 5.74) is 1.25. The van der Waals surface area contributed by atoms with Crippen molar-refractivity contribution in [3.05, 3.63) is 78.3 Å². The van der Waals surface area contributed by atoms with E-state index in [2.05, 4.69) is 15.3 Å². The van der Waals surface area contributed by atoms with Crippen LogP contribution in [0.3, 0.4) is 0 Å². The highest BCUT2D eigenvalue weighted by molar-refractivity contribution is 6.07. The highest BCUT2D eigenvalue weighted by Crippen LogP contribution is 2.22. The number of carbonyl (C=O) groups is 1. The van der Waals surface area contributed by atoms with E-state index in [1.807, 2.05) is 18.2 Å². The van der Waals surface area contributed by atoms with Crippen molar-refractivity contribution < 1.29 is 13.6 Å². The van der Waals surface area contributed by atoms with Gasteiger partial charge in [0.05, 0.1) is 16.9 Å². The fraction of sp³-hybridized carbons (Fsp3) is 0.